The summed E-state index contributed by atoms with van der Waals surface area (Å²) < 4.78 is 31.9. The van der Waals surface area contributed by atoms with E-state index in [1.807, 2.05) is 0 Å². The minimum atomic E-state index is -3.82. The van der Waals surface area contributed by atoms with Gasteiger partial charge >= 0.3 is 6.09 Å². The number of benzene rings is 2. The molecule has 118 valence electrons. The van der Waals surface area contributed by atoms with Gasteiger partial charge in [-0.1, -0.05) is 36.4 Å². The predicted octanol–water partition coefficient (Wildman–Crippen LogP) is 2.47. The molecule has 0 saturated carbocycles. The Bertz CT molecular complexity index is 962. The van der Waals surface area contributed by atoms with Crippen LogP contribution in [0.1, 0.15) is 5.69 Å². The zero-order chi connectivity index (χ0) is 16.4. The molecule has 1 aromatic heterocycles. The molecule has 7 heteroatoms. The normalized spacial score (nSPS) is 11.5. The number of rotatable bonds is 4. The van der Waals surface area contributed by atoms with E-state index in [1.54, 1.807) is 48.5 Å². The maximum absolute atomic E-state index is 13.0. The Morgan fingerprint density at radius 2 is 1.70 bits per heavy atom. The number of ether oxygens (including phenoxy) is 1. The maximum Gasteiger partial charge on any atom is 0.404 e. The van der Waals surface area contributed by atoms with E-state index in [-0.39, 0.29) is 11.5 Å². The maximum atomic E-state index is 13.0. The van der Waals surface area contributed by atoms with Crippen LogP contribution in [0.2, 0.25) is 0 Å². The highest BCUT2D eigenvalue weighted by Crippen LogP contribution is 2.26. The lowest BCUT2D eigenvalue weighted by molar-refractivity contribution is 0.148. The van der Waals surface area contributed by atoms with E-state index in [1.165, 1.54) is 16.1 Å². The van der Waals surface area contributed by atoms with Gasteiger partial charge < -0.3 is 10.5 Å². The lowest BCUT2D eigenvalue weighted by atomic mass is 10.2. The quantitative estimate of drug-likeness (QED) is 0.795. The van der Waals surface area contributed by atoms with Crippen molar-refractivity contribution in [2.45, 2.75) is 11.5 Å². The van der Waals surface area contributed by atoms with Crippen LogP contribution < -0.4 is 5.73 Å². The highest BCUT2D eigenvalue weighted by Gasteiger charge is 2.23. The van der Waals surface area contributed by atoms with Crippen LogP contribution in [0.5, 0.6) is 0 Å². The van der Waals surface area contributed by atoms with Gasteiger partial charge in [-0.05, 0) is 24.3 Å². The number of nitrogens with two attached hydrogens (primary N) is 1. The van der Waals surface area contributed by atoms with Crippen LogP contribution in [-0.2, 0) is 21.4 Å². The standard InChI is InChI=1S/C16H14N2O4S/c17-16(19)22-11-13-10-12-6-4-5-9-15(12)18(13)23(20,21)14-7-2-1-3-8-14/h1-10H,11H2,(H2,17,19). The summed E-state index contributed by atoms with van der Waals surface area (Å²) in [5, 5.41) is 0.732. The number of carbonyl (C=O) groups excluding carboxylic acids is 1. The summed E-state index contributed by atoms with van der Waals surface area (Å²) in [4.78, 5) is 11.0. The molecular formula is C16H14N2O4S. The summed E-state index contributed by atoms with van der Waals surface area (Å²) in [5.41, 5.74) is 5.83. The number of primary amides is 1. The van der Waals surface area contributed by atoms with E-state index in [0.717, 1.165) is 5.39 Å². The van der Waals surface area contributed by atoms with E-state index in [0.29, 0.717) is 11.2 Å². The molecule has 2 aromatic carbocycles. The molecule has 0 radical (unpaired) electrons. The zero-order valence-electron chi connectivity index (χ0n) is 12.0. The molecule has 0 saturated heterocycles. The van der Waals surface area contributed by atoms with Crippen molar-refractivity contribution >= 4 is 27.0 Å². The molecule has 6 nitrogen and oxygen atoms in total. The van der Waals surface area contributed by atoms with Crippen molar-refractivity contribution in [3.05, 3.63) is 66.4 Å². The second-order valence-electron chi connectivity index (χ2n) is 4.88. The third-order valence-electron chi connectivity index (χ3n) is 3.38. The molecule has 3 rings (SSSR count). The molecule has 1 heterocycles. The Hall–Kier alpha value is -2.80. The molecule has 3 aromatic rings. The van der Waals surface area contributed by atoms with E-state index < -0.39 is 16.1 Å². The summed E-state index contributed by atoms with van der Waals surface area (Å²) in [6.07, 6.45) is -0.959. The smallest absolute Gasteiger partial charge is 0.404 e. The average molecular weight is 330 g/mol. The molecule has 0 aliphatic heterocycles. The molecule has 0 unspecified atom stereocenters. The van der Waals surface area contributed by atoms with Crippen molar-refractivity contribution in [1.29, 1.82) is 0 Å². The summed E-state index contributed by atoms with van der Waals surface area (Å²) in [6.45, 7) is -0.226. The summed E-state index contributed by atoms with van der Waals surface area (Å²) in [7, 11) is -3.82. The number of hydrogen-bond acceptors (Lipinski definition) is 4. The predicted molar refractivity (Wildman–Crippen MR) is 85.3 cm³/mol. The molecule has 0 fully saturated rings. The lowest BCUT2D eigenvalue weighted by Gasteiger charge is -2.11. The second-order valence-corrected chi connectivity index (χ2v) is 6.67. The van der Waals surface area contributed by atoms with Crippen molar-refractivity contribution < 1.29 is 17.9 Å². The first-order chi connectivity index (χ1) is 11.0. The van der Waals surface area contributed by atoms with E-state index in [4.69, 9.17) is 10.5 Å². The Labute approximate surface area is 133 Å². The van der Waals surface area contributed by atoms with Crippen LogP contribution in [0.3, 0.4) is 0 Å². The molecule has 0 aliphatic rings. The van der Waals surface area contributed by atoms with E-state index in [9.17, 15) is 13.2 Å². The van der Waals surface area contributed by atoms with Crippen molar-refractivity contribution in [3.8, 4) is 0 Å². The molecular weight excluding hydrogens is 316 g/mol. The second kappa shape index (κ2) is 5.77. The van der Waals surface area contributed by atoms with E-state index >= 15 is 0 Å². The van der Waals surface area contributed by atoms with Gasteiger partial charge in [0.2, 0.25) is 0 Å². The fourth-order valence-corrected chi connectivity index (χ4v) is 3.97. The molecule has 23 heavy (non-hydrogen) atoms. The minimum absolute atomic E-state index is 0.154. The van der Waals surface area contributed by atoms with Crippen LogP contribution in [0.15, 0.2) is 65.6 Å². The van der Waals surface area contributed by atoms with Gasteiger partial charge in [0, 0.05) is 5.39 Å². The SMILES string of the molecule is NC(=O)OCc1cc2ccccc2n1S(=O)(=O)c1ccccc1. The first-order valence-electron chi connectivity index (χ1n) is 6.82. The fraction of sp³-hybridized carbons (Fsp3) is 0.0625. The first-order valence-corrected chi connectivity index (χ1v) is 8.26. The summed E-state index contributed by atoms with van der Waals surface area (Å²) in [5.74, 6) is 0. The highest BCUT2D eigenvalue weighted by molar-refractivity contribution is 7.90. The number of carbonyl (C=O) groups is 1. The average Bonchev–Trinajstić information content (AvgIpc) is 2.93. The monoisotopic (exact) mass is 330 g/mol. The van der Waals surface area contributed by atoms with Crippen molar-refractivity contribution in [2.75, 3.05) is 0 Å². The van der Waals surface area contributed by atoms with E-state index in [2.05, 4.69) is 0 Å². The van der Waals surface area contributed by atoms with Crippen LogP contribution >= 0.6 is 0 Å². The number of fused-ring (bicyclic) bond motifs is 1. The molecule has 2 N–H and O–H groups in total. The molecule has 0 spiro atoms. The Balaban J connectivity index is 2.22. The van der Waals surface area contributed by atoms with Crippen LogP contribution in [0, 0.1) is 0 Å². The van der Waals surface area contributed by atoms with Gasteiger partial charge in [0.1, 0.15) is 6.61 Å². The summed E-state index contributed by atoms with van der Waals surface area (Å²) in [6, 6.07) is 16.8. The molecule has 0 atom stereocenters. The first kappa shape index (κ1) is 15.1. The molecule has 0 aliphatic carbocycles. The van der Waals surface area contributed by atoms with Gasteiger partial charge in [0.15, 0.2) is 0 Å². The number of hydrogen-bond donors (Lipinski definition) is 1. The largest absolute Gasteiger partial charge is 0.443 e. The van der Waals surface area contributed by atoms with Gasteiger partial charge in [-0.2, -0.15) is 0 Å². The van der Waals surface area contributed by atoms with Crippen molar-refractivity contribution in [1.82, 2.24) is 3.97 Å². The van der Waals surface area contributed by atoms with Crippen molar-refractivity contribution in [3.63, 3.8) is 0 Å². The third-order valence-corrected chi connectivity index (χ3v) is 5.16. The Morgan fingerprint density at radius 1 is 1.04 bits per heavy atom. The third kappa shape index (κ3) is 2.78. The van der Waals surface area contributed by atoms with Gasteiger partial charge in [0.25, 0.3) is 10.0 Å². The topological polar surface area (TPSA) is 91.4 Å². The lowest BCUT2D eigenvalue weighted by Crippen LogP contribution is -2.18. The number of aromatic nitrogens is 1. The van der Waals surface area contributed by atoms with Gasteiger partial charge in [-0.15, -0.1) is 0 Å². The van der Waals surface area contributed by atoms with Crippen molar-refractivity contribution in [2.24, 2.45) is 5.73 Å². The Kier molecular flexibility index (Phi) is 3.79. The Morgan fingerprint density at radius 3 is 2.39 bits per heavy atom. The number of para-hydroxylation sites is 1. The number of nitrogens with zero attached hydrogens (tertiary/aromatic N) is 1. The summed E-state index contributed by atoms with van der Waals surface area (Å²) >= 11 is 0. The van der Waals surface area contributed by atoms with Crippen LogP contribution in [0.25, 0.3) is 10.9 Å². The fourth-order valence-electron chi connectivity index (χ4n) is 2.41. The van der Waals surface area contributed by atoms with Gasteiger partial charge in [-0.25, -0.2) is 17.2 Å². The molecule has 1 amide bonds. The molecule has 0 bridgehead atoms. The van der Waals surface area contributed by atoms with Gasteiger partial charge in [-0.3, -0.25) is 0 Å². The minimum Gasteiger partial charge on any atom is -0.443 e. The zero-order valence-corrected chi connectivity index (χ0v) is 12.9. The van der Waals surface area contributed by atoms with Crippen LogP contribution in [0.4, 0.5) is 4.79 Å². The highest BCUT2D eigenvalue weighted by atomic mass is 32.2. The van der Waals surface area contributed by atoms with Crippen LogP contribution in [-0.4, -0.2) is 18.5 Å². The van der Waals surface area contributed by atoms with Gasteiger partial charge in [0.05, 0.1) is 16.1 Å². The number of amides is 1.